The molecule has 18 heavy (non-hydrogen) atoms. The summed E-state index contributed by atoms with van der Waals surface area (Å²) < 4.78 is 10.9. The Morgan fingerprint density at radius 2 is 2.39 bits per heavy atom. The molecule has 7 heteroatoms. The van der Waals surface area contributed by atoms with Crippen molar-refractivity contribution in [1.82, 2.24) is 4.90 Å². The van der Waals surface area contributed by atoms with Gasteiger partial charge in [0.05, 0.1) is 24.8 Å². The van der Waals surface area contributed by atoms with Gasteiger partial charge < -0.3 is 14.9 Å². The number of furan rings is 1. The molecule has 2 heterocycles. The molecule has 1 aliphatic heterocycles. The molecule has 1 fully saturated rings. The lowest BCUT2D eigenvalue weighted by Crippen LogP contribution is -2.47. The van der Waals surface area contributed by atoms with Gasteiger partial charge in [-0.25, -0.2) is 0 Å². The first-order valence-electron chi connectivity index (χ1n) is 5.97. The predicted octanol–water partition coefficient (Wildman–Crippen LogP) is 0.908. The smallest absolute Gasteiger partial charge is 0.404 e. The SMILES string of the molecule is CCN1CCOC(CN)C1c1ccc([N+](=O)[O-])o1. The number of hydrogen-bond donors (Lipinski definition) is 1. The normalized spacial score (nSPS) is 25.2. The highest BCUT2D eigenvalue weighted by Gasteiger charge is 2.35. The van der Waals surface area contributed by atoms with Crippen molar-refractivity contribution < 1.29 is 14.1 Å². The summed E-state index contributed by atoms with van der Waals surface area (Å²) in [7, 11) is 0. The lowest BCUT2D eigenvalue weighted by molar-refractivity contribution is -0.402. The fraction of sp³-hybridized carbons (Fsp3) is 0.636. The van der Waals surface area contributed by atoms with E-state index in [1.165, 1.54) is 6.07 Å². The van der Waals surface area contributed by atoms with Crippen LogP contribution in [0.2, 0.25) is 0 Å². The predicted molar refractivity (Wildman–Crippen MR) is 64.1 cm³/mol. The van der Waals surface area contributed by atoms with E-state index in [1.807, 2.05) is 6.92 Å². The quantitative estimate of drug-likeness (QED) is 0.634. The Morgan fingerprint density at radius 1 is 1.61 bits per heavy atom. The van der Waals surface area contributed by atoms with Crippen LogP contribution >= 0.6 is 0 Å². The fourth-order valence-corrected chi connectivity index (χ4v) is 2.30. The van der Waals surface area contributed by atoms with Gasteiger partial charge in [0.15, 0.2) is 0 Å². The lowest BCUT2D eigenvalue weighted by Gasteiger charge is -2.38. The summed E-state index contributed by atoms with van der Waals surface area (Å²) in [5.74, 6) is 0.293. The first-order valence-corrected chi connectivity index (χ1v) is 5.97. The minimum atomic E-state index is -0.541. The van der Waals surface area contributed by atoms with E-state index in [1.54, 1.807) is 6.07 Å². The molecule has 100 valence electrons. The number of ether oxygens (including phenoxy) is 1. The standard InChI is InChI=1S/C11H17N3O4/c1-2-13-5-6-17-9(7-12)11(13)8-3-4-10(18-8)14(15)16/h3-4,9,11H,2,5-7,12H2,1H3. The summed E-state index contributed by atoms with van der Waals surface area (Å²) >= 11 is 0. The number of rotatable bonds is 4. The molecule has 1 aromatic rings. The van der Waals surface area contributed by atoms with Crippen molar-refractivity contribution in [3.8, 4) is 0 Å². The van der Waals surface area contributed by atoms with E-state index in [0.29, 0.717) is 18.9 Å². The van der Waals surface area contributed by atoms with Gasteiger partial charge in [-0.1, -0.05) is 6.92 Å². The number of nitrogens with two attached hydrogens (primary N) is 1. The van der Waals surface area contributed by atoms with E-state index in [2.05, 4.69) is 4.90 Å². The zero-order valence-corrected chi connectivity index (χ0v) is 10.2. The summed E-state index contributed by atoms with van der Waals surface area (Å²) in [6.45, 7) is 4.60. The molecule has 0 spiro atoms. The molecule has 0 aliphatic carbocycles. The van der Waals surface area contributed by atoms with Crippen LogP contribution < -0.4 is 5.73 Å². The molecule has 2 N–H and O–H groups in total. The van der Waals surface area contributed by atoms with Crippen molar-refractivity contribution >= 4 is 5.88 Å². The number of nitro groups is 1. The topological polar surface area (TPSA) is 94.8 Å². The van der Waals surface area contributed by atoms with Crippen molar-refractivity contribution in [2.24, 2.45) is 5.73 Å². The second-order valence-corrected chi connectivity index (χ2v) is 4.15. The molecule has 0 saturated carbocycles. The minimum Gasteiger partial charge on any atom is -0.404 e. The number of nitrogens with zero attached hydrogens (tertiary/aromatic N) is 2. The Morgan fingerprint density at radius 3 is 2.94 bits per heavy atom. The molecule has 2 atom stereocenters. The maximum atomic E-state index is 10.6. The highest BCUT2D eigenvalue weighted by atomic mass is 16.6. The van der Waals surface area contributed by atoms with Crippen LogP contribution in [0, 0.1) is 10.1 Å². The van der Waals surface area contributed by atoms with Crippen molar-refractivity contribution in [3.05, 3.63) is 28.0 Å². The highest BCUT2D eigenvalue weighted by Crippen LogP contribution is 2.31. The van der Waals surface area contributed by atoms with Crippen LogP contribution in [0.25, 0.3) is 0 Å². The van der Waals surface area contributed by atoms with Gasteiger partial charge in [0.2, 0.25) is 0 Å². The van der Waals surface area contributed by atoms with Gasteiger partial charge in [-0.2, -0.15) is 0 Å². The first kappa shape index (κ1) is 13.0. The zero-order valence-electron chi connectivity index (χ0n) is 10.2. The summed E-state index contributed by atoms with van der Waals surface area (Å²) in [5, 5.41) is 10.6. The largest absolute Gasteiger partial charge is 0.433 e. The van der Waals surface area contributed by atoms with Crippen molar-refractivity contribution in [2.45, 2.75) is 19.1 Å². The van der Waals surface area contributed by atoms with E-state index in [4.69, 9.17) is 14.9 Å². The van der Waals surface area contributed by atoms with E-state index in [9.17, 15) is 10.1 Å². The van der Waals surface area contributed by atoms with Gasteiger partial charge in [-0.05, 0) is 12.6 Å². The molecule has 0 amide bonds. The summed E-state index contributed by atoms with van der Waals surface area (Å²) in [6.07, 6.45) is -0.190. The van der Waals surface area contributed by atoms with Crippen LogP contribution in [-0.4, -0.2) is 42.2 Å². The Bertz CT molecular complexity index is 408. The lowest BCUT2D eigenvalue weighted by atomic mass is 10.0. The summed E-state index contributed by atoms with van der Waals surface area (Å²) in [5.41, 5.74) is 5.69. The van der Waals surface area contributed by atoms with Crippen molar-refractivity contribution in [2.75, 3.05) is 26.2 Å². The third kappa shape index (κ3) is 2.38. The average Bonchev–Trinajstić information content (AvgIpc) is 2.87. The highest BCUT2D eigenvalue weighted by molar-refractivity contribution is 5.21. The third-order valence-corrected chi connectivity index (χ3v) is 3.18. The maximum absolute atomic E-state index is 10.6. The molecule has 7 nitrogen and oxygen atoms in total. The second-order valence-electron chi connectivity index (χ2n) is 4.15. The third-order valence-electron chi connectivity index (χ3n) is 3.18. The Kier molecular flexibility index (Phi) is 3.95. The molecular weight excluding hydrogens is 238 g/mol. The van der Waals surface area contributed by atoms with Crippen LogP contribution in [0.1, 0.15) is 18.7 Å². The van der Waals surface area contributed by atoms with Crippen LogP contribution in [0.15, 0.2) is 16.5 Å². The van der Waals surface area contributed by atoms with Gasteiger partial charge in [0.1, 0.15) is 10.7 Å². The Balaban J connectivity index is 2.27. The van der Waals surface area contributed by atoms with E-state index >= 15 is 0 Å². The van der Waals surface area contributed by atoms with Gasteiger partial charge in [0, 0.05) is 13.1 Å². The molecule has 0 radical (unpaired) electrons. The van der Waals surface area contributed by atoms with Crippen molar-refractivity contribution in [3.63, 3.8) is 0 Å². The summed E-state index contributed by atoms with van der Waals surface area (Å²) in [4.78, 5) is 12.3. The number of morpholine rings is 1. The second kappa shape index (κ2) is 5.47. The molecule has 2 unspecified atom stereocenters. The van der Waals surface area contributed by atoms with Crippen molar-refractivity contribution in [1.29, 1.82) is 0 Å². The molecule has 2 rings (SSSR count). The number of likely N-dealkylation sites (N-methyl/N-ethyl adjacent to an activating group) is 1. The summed E-state index contributed by atoms with van der Waals surface area (Å²) in [6, 6.07) is 2.84. The zero-order chi connectivity index (χ0) is 13.1. The monoisotopic (exact) mass is 255 g/mol. The molecule has 0 aromatic carbocycles. The fourth-order valence-electron chi connectivity index (χ4n) is 2.30. The van der Waals surface area contributed by atoms with Gasteiger partial charge in [-0.3, -0.25) is 15.0 Å². The van der Waals surface area contributed by atoms with E-state index in [-0.39, 0.29) is 18.0 Å². The van der Waals surface area contributed by atoms with Gasteiger partial charge >= 0.3 is 5.88 Å². The van der Waals surface area contributed by atoms with Crippen LogP contribution in [0.3, 0.4) is 0 Å². The average molecular weight is 255 g/mol. The molecule has 1 saturated heterocycles. The van der Waals surface area contributed by atoms with Gasteiger partial charge in [0.25, 0.3) is 0 Å². The number of hydrogen-bond acceptors (Lipinski definition) is 6. The van der Waals surface area contributed by atoms with E-state index < -0.39 is 4.92 Å². The van der Waals surface area contributed by atoms with Crippen LogP contribution in [0.5, 0.6) is 0 Å². The first-order chi connectivity index (χ1) is 8.67. The van der Waals surface area contributed by atoms with Crippen LogP contribution in [0.4, 0.5) is 5.88 Å². The molecular formula is C11H17N3O4. The Hall–Kier alpha value is -1.44. The Labute approximate surface area is 105 Å². The molecule has 1 aromatic heterocycles. The maximum Gasteiger partial charge on any atom is 0.433 e. The molecule has 1 aliphatic rings. The minimum absolute atomic E-state index is 0.151. The van der Waals surface area contributed by atoms with Crippen LogP contribution in [-0.2, 0) is 4.74 Å². The van der Waals surface area contributed by atoms with Gasteiger partial charge in [-0.15, -0.1) is 0 Å². The molecule has 0 bridgehead atoms. The van der Waals surface area contributed by atoms with E-state index in [0.717, 1.165) is 13.1 Å².